The molecule has 29 heavy (non-hydrogen) atoms. The molecule has 1 atom stereocenters. The molecule has 0 saturated carbocycles. The number of ether oxygens (including phenoxy) is 2. The van der Waals surface area contributed by atoms with Crippen LogP contribution in [-0.2, 0) is 21.3 Å². The first-order valence-corrected chi connectivity index (χ1v) is 11.8. The van der Waals surface area contributed by atoms with Gasteiger partial charge in [0.1, 0.15) is 5.75 Å². The highest BCUT2D eigenvalue weighted by atomic mass is 32.2. The Bertz CT molecular complexity index is 807. The molecule has 0 bridgehead atoms. The number of nitrogens with zero attached hydrogens (tertiary/aromatic N) is 2. The van der Waals surface area contributed by atoms with Crippen LogP contribution in [-0.4, -0.2) is 70.9 Å². The van der Waals surface area contributed by atoms with Gasteiger partial charge in [0, 0.05) is 51.3 Å². The number of benzene rings is 1. The van der Waals surface area contributed by atoms with Gasteiger partial charge in [0.05, 0.1) is 19.0 Å². The number of guanidine groups is 1. The van der Waals surface area contributed by atoms with Crippen LogP contribution < -0.4 is 15.4 Å². The first-order valence-electron chi connectivity index (χ1n) is 10.2. The molecule has 2 saturated heterocycles. The van der Waals surface area contributed by atoms with Crippen molar-refractivity contribution >= 4 is 16.0 Å². The van der Waals surface area contributed by atoms with E-state index in [9.17, 15) is 8.42 Å². The first-order chi connectivity index (χ1) is 14.0. The summed E-state index contributed by atoms with van der Waals surface area (Å²) >= 11 is 0. The number of aliphatic imine (C=N–C) groups is 1. The molecular formula is C20H32N4O4S. The van der Waals surface area contributed by atoms with E-state index in [0.29, 0.717) is 51.1 Å². The van der Waals surface area contributed by atoms with Crippen LogP contribution in [0.1, 0.15) is 24.0 Å². The molecule has 2 N–H and O–H groups in total. The predicted octanol–water partition coefficient (Wildman–Crippen LogP) is 1.11. The third-order valence-corrected chi connectivity index (χ3v) is 7.20. The number of sulfonamides is 1. The van der Waals surface area contributed by atoms with Gasteiger partial charge < -0.3 is 20.1 Å². The number of rotatable bonds is 8. The predicted molar refractivity (Wildman–Crippen MR) is 114 cm³/mol. The second-order valence-electron chi connectivity index (χ2n) is 7.57. The molecule has 0 spiro atoms. The van der Waals surface area contributed by atoms with Crippen molar-refractivity contribution < 1.29 is 17.9 Å². The molecule has 162 valence electrons. The highest BCUT2D eigenvalue weighted by Gasteiger charge is 2.27. The fourth-order valence-electron chi connectivity index (χ4n) is 3.51. The van der Waals surface area contributed by atoms with Crippen LogP contribution in [0.25, 0.3) is 0 Å². The third-order valence-electron chi connectivity index (χ3n) is 5.25. The highest BCUT2D eigenvalue weighted by molar-refractivity contribution is 7.89. The van der Waals surface area contributed by atoms with Crippen LogP contribution in [0.3, 0.4) is 0 Å². The normalized spacial score (nSPS) is 22.0. The van der Waals surface area contributed by atoms with Crippen LogP contribution >= 0.6 is 0 Å². The number of nitrogens with one attached hydrogen (secondary N) is 2. The zero-order valence-electron chi connectivity index (χ0n) is 17.3. The maximum absolute atomic E-state index is 11.9. The van der Waals surface area contributed by atoms with Crippen LogP contribution in [0.2, 0.25) is 0 Å². The Balaban J connectivity index is 1.49. The molecule has 9 heteroatoms. The SMILES string of the molecule is CN=C(NCCN1CCCS1(=O)=O)NCc1ccc(C)cc1OCC1CCOC1. The number of hydrogen-bond acceptors (Lipinski definition) is 5. The van der Waals surface area contributed by atoms with E-state index in [1.807, 2.05) is 0 Å². The van der Waals surface area contributed by atoms with Gasteiger partial charge in [0.25, 0.3) is 0 Å². The second-order valence-corrected chi connectivity index (χ2v) is 9.66. The summed E-state index contributed by atoms with van der Waals surface area (Å²) in [6, 6.07) is 6.19. The van der Waals surface area contributed by atoms with Gasteiger partial charge >= 0.3 is 0 Å². The topological polar surface area (TPSA) is 92.3 Å². The van der Waals surface area contributed by atoms with E-state index in [-0.39, 0.29) is 5.75 Å². The third kappa shape index (κ3) is 6.32. The van der Waals surface area contributed by atoms with Crippen molar-refractivity contribution in [2.45, 2.75) is 26.3 Å². The van der Waals surface area contributed by atoms with Crippen LogP contribution in [0, 0.1) is 12.8 Å². The Morgan fingerprint density at radius 3 is 2.93 bits per heavy atom. The molecule has 0 aromatic heterocycles. The molecule has 0 radical (unpaired) electrons. The molecule has 2 fully saturated rings. The van der Waals surface area contributed by atoms with Crippen molar-refractivity contribution in [1.29, 1.82) is 0 Å². The average molecular weight is 425 g/mol. The van der Waals surface area contributed by atoms with Crippen molar-refractivity contribution in [3.8, 4) is 5.75 Å². The lowest BCUT2D eigenvalue weighted by atomic mass is 10.1. The Hall–Kier alpha value is -1.84. The second kappa shape index (κ2) is 10.3. The Kier molecular flexibility index (Phi) is 7.74. The highest BCUT2D eigenvalue weighted by Crippen LogP contribution is 2.22. The maximum atomic E-state index is 11.9. The molecule has 1 aromatic rings. The van der Waals surface area contributed by atoms with Crippen LogP contribution in [0.15, 0.2) is 23.2 Å². The van der Waals surface area contributed by atoms with Crippen LogP contribution in [0.5, 0.6) is 5.75 Å². The van der Waals surface area contributed by atoms with Gasteiger partial charge in [-0.25, -0.2) is 12.7 Å². The summed E-state index contributed by atoms with van der Waals surface area (Å²) in [6.07, 6.45) is 1.75. The molecule has 0 aliphatic carbocycles. The standard InChI is InChI=1S/C20H32N4O4S/c1-16-4-5-18(19(12-16)28-15-17-6-10-27-14-17)13-23-20(21-2)22-7-9-24-8-3-11-29(24,25)26/h4-5,12,17H,3,6-11,13-15H2,1-2H3,(H2,21,22,23). The zero-order valence-corrected chi connectivity index (χ0v) is 18.1. The summed E-state index contributed by atoms with van der Waals surface area (Å²) in [4.78, 5) is 4.23. The van der Waals surface area contributed by atoms with Gasteiger partial charge in [-0.3, -0.25) is 4.99 Å². The minimum Gasteiger partial charge on any atom is -0.493 e. The fourth-order valence-corrected chi connectivity index (χ4v) is 5.03. The van der Waals surface area contributed by atoms with Gasteiger partial charge in [0.2, 0.25) is 10.0 Å². The van der Waals surface area contributed by atoms with Crippen molar-refractivity contribution in [1.82, 2.24) is 14.9 Å². The van der Waals surface area contributed by atoms with Crippen molar-refractivity contribution in [3.05, 3.63) is 29.3 Å². The van der Waals surface area contributed by atoms with Gasteiger partial charge in [-0.05, 0) is 31.4 Å². The monoisotopic (exact) mass is 424 g/mol. The lowest BCUT2D eigenvalue weighted by Gasteiger charge is -2.18. The van der Waals surface area contributed by atoms with Crippen molar-refractivity contribution in [3.63, 3.8) is 0 Å². The molecule has 1 aromatic carbocycles. The quantitative estimate of drug-likeness (QED) is 0.480. The van der Waals surface area contributed by atoms with E-state index in [4.69, 9.17) is 9.47 Å². The summed E-state index contributed by atoms with van der Waals surface area (Å²) in [5, 5.41) is 6.47. The van der Waals surface area contributed by atoms with E-state index in [1.54, 1.807) is 7.05 Å². The summed E-state index contributed by atoms with van der Waals surface area (Å²) in [6.45, 7) is 6.43. The minimum absolute atomic E-state index is 0.253. The molecule has 2 heterocycles. The molecule has 2 aliphatic heterocycles. The zero-order chi connectivity index (χ0) is 20.7. The Morgan fingerprint density at radius 1 is 1.38 bits per heavy atom. The Morgan fingerprint density at radius 2 is 2.24 bits per heavy atom. The summed E-state index contributed by atoms with van der Waals surface area (Å²) in [5.41, 5.74) is 2.21. The number of hydrogen-bond donors (Lipinski definition) is 2. The fraction of sp³-hybridized carbons (Fsp3) is 0.650. The summed E-state index contributed by atoms with van der Waals surface area (Å²) < 4.78 is 36.8. The van der Waals surface area contributed by atoms with Crippen molar-refractivity contribution in [2.75, 3.05) is 52.3 Å². The van der Waals surface area contributed by atoms with Gasteiger partial charge in [-0.1, -0.05) is 12.1 Å². The van der Waals surface area contributed by atoms with Gasteiger partial charge in [-0.2, -0.15) is 0 Å². The van der Waals surface area contributed by atoms with E-state index >= 15 is 0 Å². The van der Waals surface area contributed by atoms with E-state index in [1.165, 1.54) is 4.31 Å². The summed E-state index contributed by atoms with van der Waals surface area (Å²) in [7, 11) is -1.36. The smallest absolute Gasteiger partial charge is 0.214 e. The molecule has 3 rings (SSSR count). The maximum Gasteiger partial charge on any atom is 0.214 e. The molecule has 8 nitrogen and oxygen atoms in total. The number of aryl methyl sites for hydroxylation is 1. The largest absolute Gasteiger partial charge is 0.493 e. The molecular weight excluding hydrogens is 392 g/mol. The Labute approximate surface area is 173 Å². The van der Waals surface area contributed by atoms with Gasteiger partial charge in [-0.15, -0.1) is 0 Å². The molecule has 0 amide bonds. The summed E-state index contributed by atoms with van der Waals surface area (Å²) in [5.74, 6) is 2.22. The molecule has 2 aliphatic rings. The lowest BCUT2D eigenvalue weighted by Crippen LogP contribution is -2.41. The van der Waals surface area contributed by atoms with E-state index < -0.39 is 10.0 Å². The van der Waals surface area contributed by atoms with E-state index in [2.05, 4.69) is 40.7 Å². The molecule has 1 unspecified atom stereocenters. The van der Waals surface area contributed by atoms with Crippen LogP contribution in [0.4, 0.5) is 0 Å². The first kappa shape index (κ1) is 21.9. The van der Waals surface area contributed by atoms with E-state index in [0.717, 1.165) is 36.5 Å². The minimum atomic E-state index is -3.06. The average Bonchev–Trinajstić information content (AvgIpc) is 3.33. The van der Waals surface area contributed by atoms with Crippen molar-refractivity contribution in [2.24, 2.45) is 10.9 Å². The lowest BCUT2D eigenvalue weighted by molar-refractivity contribution is 0.166. The van der Waals surface area contributed by atoms with Gasteiger partial charge in [0.15, 0.2) is 5.96 Å².